The summed E-state index contributed by atoms with van der Waals surface area (Å²) in [6.45, 7) is 3.12. The van der Waals surface area contributed by atoms with Gasteiger partial charge in [-0.2, -0.15) is 16.7 Å². The molecule has 0 radical (unpaired) electrons. The van der Waals surface area contributed by atoms with Crippen LogP contribution >= 0.6 is 11.8 Å². The van der Waals surface area contributed by atoms with Crippen molar-refractivity contribution in [2.45, 2.75) is 25.3 Å². The second-order valence-corrected chi connectivity index (χ2v) is 5.43. The summed E-state index contributed by atoms with van der Waals surface area (Å²) in [5.74, 6) is 4.77. The highest BCUT2D eigenvalue weighted by atomic mass is 32.2. The third-order valence-corrected chi connectivity index (χ3v) is 3.83. The van der Waals surface area contributed by atoms with Gasteiger partial charge >= 0.3 is 0 Å². The zero-order valence-corrected chi connectivity index (χ0v) is 9.50. The second-order valence-electron chi connectivity index (χ2n) is 4.21. The van der Waals surface area contributed by atoms with E-state index in [-0.39, 0.29) is 0 Å². The Morgan fingerprint density at radius 2 is 2.13 bits per heavy atom. The summed E-state index contributed by atoms with van der Waals surface area (Å²) in [5, 5.41) is 4.03. The van der Waals surface area contributed by atoms with E-state index in [2.05, 4.69) is 15.0 Å². The van der Waals surface area contributed by atoms with Gasteiger partial charge in [-0.25, -0.2) is 0 Å². The quantitative estimate of drug-likeness (QED) is 0.779. The van der Waals surface area contributed by atoms with Crippen LogP contribution in [0, 0.1) is 0 Å². The van der Waals surface area contributed by atoms with Crippen LogP contribution in [0.15, 0.2) is 4.52 Å². The van der Waals surface area contributed by atoms with Crippen molar-refractivity contribution in [2.24, 2.45) is 0 Å². The van der Waals surface area contributed by atoms with Crippen LogP contribution in [0.25, 0.3) is 0 Å². The SMILES string of the molecule is C1CN(Cc2nc(C3CC3)no2)CCS1. The third kappa shape index (κ3) is 2.34. The smallest absolute Gasteiger partial charge is 0.240 e. The number of hydrogen-bond donors (Lipinski definition) is 0. The fourth-order valence-corrected chi connectivity index (χ4v) is 2.77. The molecule has 5 heteroatoms. The molecule has 0 bridgehead atoms. The highest BCUT2D eigenvalue weighted by Gasteiger charge is 2.29. The normalized spacial score (nSPS) is 23.2. The van der Waals surface area contributed by atoms with Crippen LogP contribution in [-0.2, 0) is 6.54 Å². The fraction of sp³-hybridized carbons (Fsp3) is 0.800. The molecule has 0 atom stereocenters. The molecule has 2 fully saturated rings. The monoisotopic (exact) mass is 225 g/mol. The van der Waals surface area contributed by atoms with E-state index in [1.54, 1.807) is 0 Å². The number of nitrogens with zero attached hydrogens (tertiary/aromatic N) is 3. The summed E-state index contributed by atoms with van der Waals surface area (Å²) >= 11 is 2.02. The van der Waals surface area contributed by atoms with Crippen LogP contribution in [0.3, 0.4) is 0 Å². The van der Waals surface area contributed by atoms with Gasteiger partial charge in [0.05, 0.1) is 6.54 Å². The standard InChI is InChI=1S/C10H15N3OS/c1-2-8(1)10-11-9(14-12-10)7-13-3-5-15-6-4-13/h8H,1-7H2. The molecule has 3 rings (SSSR count). The van der Waals surface area contributed by atoms with Crippen molar-refractivity contribution in [1.82, 2.24) is 15.0 Å². The first kappa shape index (κ1) is 9.66. The van der Waals surface area contributed by atoms with Crippen molar-refractivity contribution in [3.05, 3.63) is 11.7 Å². The Bertz CT molecular complexity index is 331. The van der Waals surface area contributed by atoms with Gasteiger partial charge in [-0.05, 0) is 12.8 Å². The maximum Gasteiger partial charge on any atom is 0.240 e. The highest BCUT2D eigenvalue weighted by molar-refractivity contribution is 7.99. The Hall–Kier alpha value is -0.550. The Labute approximate surface area is 93.4 Å². The van der Waals surface area contributed by atoms with E-state index in [0.29, 0.717) is 5.92 Å². The summed E-state index contributed by atoms with van der Waals surface area (Å²) < 4.78 is 5.26. The summed E-state index contributed by atoms with van der Waals surface area (Å²) in [6, 6.07) is 0. The van der Waals surface area contributed by atoms with Crippen LogP contribution in [0.5, 0.6) is 0 Å². The number of hydrogen-bond acceptors (Lipinski definition) is 5. The third-order valence-electron chi connectivity index (χ3n) is 2.89. The number of thioether (sulfide) groups is 1. The molecule has 1 aromatic rings. The molecule has 82 valence electrons. The van der Waals surface area contributed by atoms with Crippen molar-refractivity contribution in [2.75, 3.05) is 24.6 Å². The van der Waals surface area contributed by atoms with E-state index < -0.39 is 0 Å². The first-order valence-electron chi connectivity index (χ1n) is 5.54. The van der Waals surface area contributed by atoms with Gasteiger partial charge in [-0.1, -0.05) is 5.16 Å². The van der Waals surface area contributed by atoms with Gasteiger partial charge in [0.25, 0.3) is 0 Å². The first-order valence-corrected chi connectivity index (χ1v) is 6.70. The Balaban J connectivity index is 1.60. The van der Waals surface area contributed by atoms with E-state index in [4.69, 9.17) is 4.52 Å². The molecule has 0 unspecified atom stereocenters. The molecular formula is C10H15N3OS. The molecule has 0 amide bonds. The lowest BCUT2D eigenvalue weighted by Gasteiger charge is -2.24. The molecule has 0 spiro atoms. The molecule has 0 aromatic carbocycles. The van der Waals surface area contributed by atoms with Crippen LogP contribution in [0.1, 0.15) is 30.5 Å². The van der Waals surface area contributed by atoms with Crippen molar-refractivity contribution in [3.8, 4) is 0 Å². The topological polar surface area (TPSA) is 42.2 Å². The molecule has 1 aliphatic heterocycles. The lowest BCUT2D eigenvalue weighted by atomic mass is 10.4. The van der Waals surface area contributed by atoms with E-state index in [1.807, 2.05) is 11.8 Å². The zero-order valence-electron chi connectivity index (χ0n) is 8.69. The van der Waals surface area contributed by atoms with Gasteiger partial charge < -0.3 is 4.52 Å². The minimum absolute atomic E-state index is 0.597. The van der Waals surface area contributed by atoms with Gasteiger partial charge in [-0.15, -0.1) is 0 Å². The van der Waals surface area contributed by atoms with Crippen LogP contribution < -0.4 is 0 Å². The van der Waals surface area contributed by atoms with Crippen LogP contribution in [0.2, 0.25) is 0 Å². The first-order chi connectivity index (χ1) is 7.42. The zero-order chi connectivity index (χ0) is 10.1. The maximum absolute atomic E-state index is 5.26. The molecule has 1 saturated carbocycles. The predicted molar refractivity (Wildman–Crippen MR) is 58.9 cm³/mol. The summed E-state index contributed by atoms with van der Waals surface area (Å²) in [4.78, 5) is 6.83. The van der Waals surface area contributed by atoms with E-state index in [1.165, 1.54) is 24.3 Å². The molecule has 1 aromatic heterocycles. The number of aromatic nitrogens is 2. The lowest BCUT2D eigenvalue weighted by Crippen LogP contribution is -2.32. The molecule has 2 heterocycles. The molecule has 1 saturated heterocycles. The average molecular weight is 225 g/mol. The van der Waals surface area contributed by atoms with Crippen LogP contribution in [0.4, 0.5) is 0 Å². The highest BCUT2D eigenvalue weighted by Crippen LogP contribution is 2.38. The molecule has 15 heavy (non-hydrogen) atoms. The van der Waals surface area contributed by atoms with Crippen molar-refractivity contribution < 1.29 is 4.52 Å². The largest absolute Gasteiger partial charge is 0.338 e. The van der Waals surface area contributed by atoms with Gasteiger partial charge in [-0.3, -0.25) is 4.90 Å². The van der Waals surface area contributed by atoms with Gasteiger partial charge in [0.1, 0.15) is 0 Å². The fourth-order valence-electron chi connectivity index (χ4n) is 1.79. The summed E-state index contributed by atoms with van der Waals surface area (Å²) in [7, 11) is 0. The molecule has 0 N–H and O–H groups in total. The minimum Gasteiger partial charge on any atom is -0.338 e. The number of rotatable bonds is 3. The lowest BCUT2D eigenvalue weighted by molar-refractivity contribution is 0.245. The van der Waals surface area contributed by atoms with E-state index in [9.17, 15) is 0 Å². The van der Waals surface area contributed by atoms with E-state index in [0.717, 1.165) is 31.3 Å². The van der Waals surface area contributed by atoms with Crippen molar-refractivity contribution in [1.29, 1.82) is 0 Å². The van der Waals surface area contributed by atoms with Gasteiger partial charge in [0.15, 0.2) is 5.82 Å². The van der Waals surface area contributed by atoms with Gasteiger partial charge in [0, 0.05) is 30.5 Å². The van der Waals surface area contributed by atoms with E-state index >= 15 is 0 Å². The average Bonchev–Trinajstić information content (AvgIpc) is 3.02. The summed E-state index contributed by atoms with van der Waals surface area (Å²) in [6.07, 6.45) is 2.47. The molecule has 1 aliphatic carbocycles. The van der Waals surface area contributed by atoms with Crippen LogP contribution in [-0.4, -0.2) is 39.6 Å². The second kappa shape index (κ2) is 4.14. The van der Waals surface area contributed by atoms with Crippen molar-refractivity contribution in [3.63, 3.8) is 0 Å². The van der Waals surface area contributed by atoms with Crippen molar-refractivity contribution >= 4 is 11.8 Å². The summed E-state index contributed by atoms with van der Waals surface area (Å²) in [5.41, 5.74) is 0. The maximum atomic E-state index is 5.26. The minimum atomic E-state index is 0.597. The Kier molecular flexibility index (Phi) is 2.66. The predicted octanol–water partition coefficient (Wildman–Crippen LogP) is 1.50. The molecule has 2 aliphatic rings. The Morgan fingerprint density at radius 3 is 2.87 bits per heavy atom. The Morgan fingerprint density at radius 1 is 1.33 bits per heavy atom. The molecule has 4 nitrogen and oxygen atoms in total. The van der Waals surface area contributed by atoms with Gasteiger partial charge in [0.2, 0.25) is 5.89 Å². The molecular weight excluding hydrogens is 210 g/mol.